The Morgan fingerprint density at radius 1 is 1.24 bits per heavy atom. The van der Waals surface area contributed by atoms with E-state index >= 15 is 0 Å². The molecular weight excluding hydrogens is 262 g/mol. The first kappa shape index (κ1) is 14.1. The molecule has 0 aliphatic heterocycles. The van der Waals surface area contributed by atoms with Gasteiger partial charge in [-0.25, -0.2) is 0 Å². The first-order valence-electron chi connectivity index (χ1n) is 7.79. The molecule has 0 saturated heterocycles. The summed E-state index contributed by atoms with van der Waals surface area (Å²) in [6.07, 6.45) is 5.94. The summed E-state index contributed by atoms with van der Waals surface area (Å²) in [6, 6.07) is 10.5. The normalized spacial score (nSPS) is 22.1. The molecule has 1 fully saturated rings. The van der Waals surface area contributed by atoms with Crippen molar-refractivity contribution in [3.63, 3.8) is 0 Å². The van der Waals surface area contributed by atoms with Crippen LogP contribution < -0.4 is 0 Å². The van der Waals surface area contributed by atoms with E-state index in [9.17, 15) is 4.79 Å². The van der Waals surface area contributed by atoms with E-state index in [1.165, 1.54) is 10.9 Å². The molecule has 1 aromatic heterocycles. The van der Waals surface area contributed by atoms with Crippen LogP contribution in [0.15, 0.2) is 36.5 Å². The monoisotopic (exact) mass is 283 g/mol. The second-order valence-electron chi connectivity index (χ2n) is 5.76. The zero-order valence-electron chi connectivity index (χ0n) is 12.4. The minimum atomic E-state index is -0.0208. The topological polar surface area (TPSA) is 39.2 Å². The number of esters is 1. The Bertz CT molecular complexity index is 630. The first-order valence-corrected chi connectivity index (χ1v) is 7.79. The maximum Gasteiger partial charge on any atom is 0.308 e. The van der Waals surface area contributed by atoms with Gasteiger partial charge in [0.25, 0.3) is 0 Å². The fourth-order valence-corrected chi connectivity index (χ4v) is 3.23. The van der Waals surface area contributed by atoms with Crippen molar-refractivity contribution in [3.05, 3.63) is 42.1 Å². The number of fused-ring (bicyclic) bond motifs is 1. The summed E-state index contributed by atoms with van der Waals surface area (Å²) in [5.41, 5.74) is 2.34. The number of nitrogens with zero attached hydrogens (tertiary/aromatic N) is 1. The second kappa shape index (κ2) is 6.25. The molecule has 21 heavy (non-hydrogen) atoms. The van der Waals surface area contributed by atoms with E-state index in [2.05, 4.69) is 17.1 Å². The van der Waals surface area contributed by atoms with Crippen LogP contribution in [0.3, 0.4) is 0 Å². The van der Waals surface area contributed by atoms with E-state index in [4.69, 9.17) is 4.74 Å². The summed E-state index contributed by atoms with van der Waals surface area (Å²) in [5, 5.41) is 1.20. The predicted molar refractivity (Wildman–Crippen MR) is 83.1 cm³/mol. The van der Waals surface area contributed by atoms with Gasteiger partial charge >= 0.3 is 5.97 Å². The third-order valence-electron chi connectivity index (χ3n) is 4.43. The van der Waals surface area contributed by atoms with Crippen LogP contribution in [0.5, 0.6) is 0 Å². The zero-order chi connectivity index (χ0) is 14.7. The zero-order valence-corrected chi connectivity index (χ0v) is 12.4. The lowest BCUT2D eigenvalue weighted by Crippen LogP contribution is -2.23. The van der Waals surface area contributed by atoms with Crippen molar-refractivity contribution >= 4 is 16.9 Å². The molecule has 3 heteroatoms. The van der Waals surface area contributed by atoms with Crippen LogP contribution in [0.4, 0.5) is 0 Å². The molecule has 1 aliphatic carbocycles. The van der Waals surface area contributed by atoms with E-state index in [1.807, 2.05) is 31.3 Å². The van der Waals surface area contributed by atoms with Crippen LogP contribution in [0.2, 0.25) is 0 Å². The standard InChI is InChI=1S/C18H21NO2/c1-2-21-18(20)14-9-7-13(8-10-14)16-11-15-5-3-4-6-17(15)19-12-16/h3-6,11-14H,2,7-10H2,1H3. The van der Waals surface area contributed by atoms with E-state index in [0.717, 1.165) is 31.2 Å². The molecule has 3 rings (SSSR count). The summed E-state index contributed by atoms with van der Waals surface area (Å²) < 4.78 is 5.13. The summed E-state index contributed by atoms with van der Waals surface area (Å²) in [5.74, 6) is 0.593. The van der Waals surface area contributed by atoms with Crippen LogP contribution in [0, 0.1) is 5.92 Å². The molecule has 1 saturated carbocycles. The van der Waals surface area contributed by atoms with Gasteiger partial charge in [-0.2, -0.15) is 0 Å². The molecular formula is C18H21NO2. The molecule has 3 nitrogen and oxygen atoms in total. The summed E-state index contributed by atoms with van der Waals surface area (Å²) in [6.45, 7) is 2.34. The average molecular weight is 283 g/mol. The Hall–Kier alpha value is -1.90. The van der Waals surface area contributed by atoms with Gasteiger partial charge in [0.05, 0.1) is 18.0 Å². The summed E-state index contributed by atoms with van der Waals surface area (Å²) in [4.78, 5) is 16.3. The smallest absolute Gasteiger partial charge is 0.308 e. The highest BCUT2D eigenvalue weighted by molar-refractivity contribution is 5.78. The largest absolute Gasteiger partial charge is 0.466 e. The Balaban J connectivity index is 1.69. The molecule has 0 radical (unpaired) electrons. The Labute approximate surface area is 125 Å². The quantitative estimate of drug-likeness (QED) is 0.797. The minimum Gasteiger partial charge on any atom is -0.466 e. The van der Waals surface area contributed by atoms with Crippen molar-refractivity contribution in [2.75, 3.05) is 6.61 Å². The molecule has 2 aromatic rings. The van der Waals surface area contributed by atoms with Crippen molar-refractivity contribution in [1.29, 1.82) is 0 Å². The number of para-hydroxylation sites is 1. The number of benzene rings is 1. The van der Waals surface area contributed by atoms with Gasteiger partial charge in [-0.05, 0) is 56.2 Å². The fraction of sp³-hybridized carbons (Fsp3) is 0.444. The lowest BCUT2D eigenvalue weighted by atomic mass is 9.79. The van der Waals surface area contributed by atoms with Gasteiger partial charge in [0.15, 0.2) is 0 Å². The van der Waals surface area contributed by atoms with Gasteiger partial charge in [0.2, 0.25) is 0 Å². The second-order valence-corrected chi connectivity index (χ2v) is 5.76. The Morgan fingerprint density at radius 3 is 2.76 bits per heavy atom. The number of carbonyl (C=O) groups excluding carboxylic acids is 1. The Morgan fingerprint density at radius 2 is 2.00 bits per heavy atom. The highest BCUT2D eigenvalue weighted by Gasteiger charge is 2.28. The maximum atomic E-state index is 11.8. The number of pyridine rings is 1. The van der Waals surface area contributed by atoms with Gasteiger partial charge in [-0.1, -0.05) is 18.2 Å². The lowest BCUT2D eigenvalue weighted by Gasteiger charge is -2.27. The molecule has 1 heterocycles. The number of ether oxygens (including phenoxy) is 1. The lowest BCUT2D eigenvalue weighted by molar-refractivity contribution is -0.149. The van der Waals surface area contributed by atoms with Gasteiger partial charge in [-0.15, -0.1) is 0 Å². The van der Waals surface area contributed by atoms with Crippen molar-refractivity contribution in [1.82, 2.24) is 4.98 Å². The van der Waals surface area contributed by atoms with Crippen LogP contribution in [0.25, 0.3) is 10.9 Å². The summed E-state index contributed by atoms with van der Waals surface area (Å²) >= 11 is 0. The number of hydrogen-bond donors (Lipinski definition) is 0. The number of rotatable bonds is 3. The minimum absolute atomic E-state index is 0.0208. The van der Waals surface area contributed by atoms with Gasteiger partial charge < -0.3 is 4.74 Å². The van der Waals surface area contributed by atoms with Gasteiger partial charge in [0.1, 0.15) is 0 Å². The summed E-state index contributed by atoms with van der Waals surface area (Å²) in [7, 11) is 0. The highest BCUT2D eigenvalue weighted by atomic mass is 16.5. The van der Waals surface area contributed by atoms with Gasteiger partial charge in [0, 0.05) is 11.6 Å². The fourth-order valence-electron chi connectivity index (χ4n) is 3.23. The number of aromatic nitrogens is 1. The number of carbonyl (C=O) groups is 1. The maximum absolute atomic E-state index is 11.8. The van der Waals surface area contributed by atoms with Gasteiger partial charge in [-0.3, -0.25) is 9.78 Å². The molecule has 110 valence electrons. The molecule has 0 atom stereocenters. The highest BCUT2D eigenvalue weighted by Crippen LogP contribution is 2.36. The van der Waals surface area contributed by atoms with Crippen LogP contribution in [-0.2, 0) is 9.53 Å². The SMILES string of the molecule is CCOC(=O)C1CCC(c2cnc3ccccc3c2)CC1. The van der Waals surface area contributed by atoms with E-state index in [-0.39, 0.29) is 11.9 Å². The molecule has 0 unspecified atom stereocenters. The van der Waals surface area contributed by atoms with Crippen molar-refractivity contribution in [3.8, 4) is 0 Å². The van der Waals surface area contributed by atoms with Crippen molar-refractivity contribution < 1.29 is 9.53 Å². The molecule has 0 spiro atoms. The third-order valence-corrected chi connectivity index (χ3v) is 4.43. The van der Waals surface area contributed by atoms with Crippen LogP contribution in [0.1, 0.15) is 44.1 Å². The first-order chi connectivity index (χ1) is 10.3. The van der Waals surface area contributed by atoms with Crippen LogP contribution in [-0.4, -0.2) is 17.6 Å². The molecule has 0 N–H and O–H groups in total. The van der Waals surface area contributed by atoms with E-state index in [1.54, 1.807) is 0 Å². The predicted octanol–water partition coefficient (Wildman–Crippen LogP) is 4.07. The van der Waals surface area contributed by atoms with E-state index in [0.29, 0.717) is 12.5 Å². The molecule has 1 aliphatic rings. The van der Waals surface area contributed by atoms with E-state index < -0.39 is 0 Å². The molecule has 0 bridgehead atoms. The molecule has 0 amide bonds. The third kappa shape index (κ3) is 3.07. The average Bonchev–Trinajstić information content (AvgIpc) is 2.55. The number of hydrogen-bond acceptors (Lipinski definition) is 3. The van der Waals surface area contributed by atoms with Crippen molar-refractivity contribution in [2.24, 2.45) is 5.92 Å². The Kier molecular flexibility index (Phi) is 4.18. The van der Waals surface area contributed by atoms with Crippen molar-refractivity contribution in [2.45, 2.75) is 38.5 Å². The van der Waals surface area contributed by atoms with Crippen LogP contribution >= 0.6 is 0 Å². The molecule has 1 aromatic carbocycles.